The Bertz CT molecular complexity index is 534. The molecule has 1 saturated heterocycles. The zero-order chi connectivity index (χ0) is 20.5. The molecule has 0 aromatic rings. The van der Waals surface area contributed by atoms with E-state index in [0.29, 0.717) is 31.7 Å². The van der Waals surface area contributed by atoms with Crippen LogP contribution in [0.4, 0.5) is 0 Å². The van der Waals surface area contributed by atoms with Gasteiger partial charge in [-0.3, -0.25) is 19.3 Å². The van der Waals surface area contributed by atoms with Gasteiger partial charge < -0.3 is 16.2 Å². The van der Waals surface area contributed by atoms with Gasteiger partial charge in [0.25, 0.3) is 0 Å². The molecule has 2 rings (SSSR count). The Hall–Kier alpha value is -1.47. The first-order chi connectivity index (χ1) is 13.4. The third kappa shape index (κ3) is 6.85. The molecule has 160 valence electrons. The lowest BCUT2D eigenvalue weighted by atomic mass is 9.86. The number of nitrogens with zero attached hydrogens (tertiary/aromatic N) is 1. The number of rotatable bonds is 8. The van der Waals surface area contributed by atoms with Crippen molar-refractivity contribution in [2.75, 3.05) is 13.1 Å². The first kappa shape index (κ1) is 22.8. The minimum absolute atomic E-state index is 0.0932. The Labute approximate surface area is 168 Å². The van der Waals surface area contributed by atoms with Gasteiger partial charge in [-0.2, -0.15) is 0 Å². The molecule has 0 bridgehead atoms. The summed E-state index contributed by atoms with van der Waals surface area (Å²) in [4.78, 5) is 38.6. The predicted octanol–water partition coefficient (Wildman–Crippen LogP) is 1.72. The zero-order valence-corrected chi connectivity index (χ0v) is 17.2. The molecule has 3 atom stereocenters. The molecule has 2 unspecified atom stereocenters. The van der Waals surface area contributed by atoms with Crippen molar-refractivity contribution in [2.45, 2.75) is 89.7 Å². The van der Waals surface area contributed by atoms with E-state index in [9.17, 15) is 19.5 Å². The topological polar surface area (TPSA) is 113 Å². The molecule has 0 aromatic heterocycles. The number of primary amides is 1. The zero-order valence-electron chi connectivity index (χ0n) is 17.2. The van der Waals surface area contributed by atoms with Crippen LogP contribution in [-0.4, -0.2) is 53.0 Å². The minimum Gasteiger partial charge on any atom is -0.390 e. The highest BCUT2D eigenvalue weighted by Gasteiger charge is 2.35. The highest BCUT2D eigenvalue weighted by Crippen LogP contribution is 2.28. The fraction of sp³-hybridized carbons (Fsp3) is 0.857. The molecule has 4 N–H and O–H groups in total. The van der Waals surface area contributed by atoms with Crippen LogP contribution in [0.5, 0.6) is 0 Å². The second-order valence-electron chi connectivity index (χ2n) is 8.52. The molecule has 3 amide bonds. The van der Waals surface area contributed by atoms with Gasteiger partial charge in [0.05, 0.1) is 12.1 Å². The van der Waals surface area contributed by atoms with Crippen LogP contribution in [-0.2, 0) is 14.4 Å². The van der Waals surface area contributed by atoms with Gasteiger partial charge >= 0.3 is 0 Å². The summed E-state index contributed by atoms with van der Waals surface area (Å²) in [5, 5.41) is 13.7. The molecule has 1 aliphatic carbocycles. The smallest absolute Gasteiger partial charge is 0.229 e. The van der Waals surface area contributed by atoms with Gasteiger partial charge in [0.1, 0.15) is 0 Å². The van der Waals surface area contributed by atoms with E-state index in [1.165, 1.54) is 24.2 Å². The molecule has 7 nitrogen and oxygen atoms in total. The molecule has 2 fully saturated rings. The highest BCUT2D eigenvalue weighted by atomic mass is 16.3. The van der Waals surface area contributed by atoms with Gasteiger partial charge in [0.2, 0.25) is 17.7 Å². The van der Waals surface area contributed by atoms with Crippen molar-refractivity contribution in [2.24, 2.45) is 17.6 Å². The standard InChI is InChI=1S/C21H37N3O4/c1-15(21(22)28)9-11-19(26)24(17-8-5-13-23-14-18(17)25)20(27)12-10-16-6-3-2-4-7-16/h15-18,23,25H,2-14H2,1H3,(H2,22,28)/t15?,17?,18-/m0/s1. The van der Waals surface area contributed by atoms with Crippen molar-refractivity contribution in [1.82, 2.24) is 10.2 Å². The van der Waals surface area contributed by atoms with E-state index in [-0.39, 0.29) is 18.2 Å². The maximum Gasteiger partial charge on any atom is 0.229 e. The Morgan fingerprint density at radius 3 is 2.43 bits per heavy atom. The number of hydrogen-bond donors (Lipinski definition) is 3. The van der Waals surface area contributed by atoms with E-state index >= 15 is 0 Å². The Kier molecular flexibility index (Phi) is 9.38. The highest BCUT2D eigenvalue weighted by molar-refractivity contribution is 5.96. The maximum atomic E-state index is 13.0. The quantitative estimate of drug-likeness (QED) is 0.579. The average Bonchev–Trinajstić information content (AvgIpc) is 2.90. The fourth-order valence-electron chi connectivity index (χ4n) is 4.35. The summed E-state index contributed by atoms with van der Waals surface area (Å²) in [7, 11) is 0. The normalized spacial score (nSPS) is 24.9. The molecule has 0 radical (unpaired) electrons. The number of carbonyl (C=O) groups is 3. The van der Waals surface area contributed by atoms with Crippen molar-refractivity contribution in [1.29, 1.82) is 0 Å². The summed E-state index contributed by atoms with van der Waals surface area (Å²) in [6.07, 6.45) is 8.24. The summed E-state index contributed by atoms with van der Waals surface area (Å²) in [6, 6.07) is -0.495. The first-order valence-corrected chi connectivity index (χ1v) is 10.9. The summed E-state index contributed by atoms with van der Waals surface area (Å²) < 4.78 is 0. The fourth-order valence-corrected chi connectivity index (χ4v) is 4.35. The number of hydrogen-bond acceptors (Lipinski definition) is 5. The van der Waals surface area contributed by atoms with E-state index in [0.717, 1.165) is 32.2 Å². The van der Waals surface area contributed by atoms with Crippen molar-refractivity contribution in [3.8, 4) is 0 Å². The van der Waals surface area contributed by atoms with Gasteiger partial charge in [-0.25, -0.2) is 0 Å². The van der Waals surface area contributed by atoms with Crippen LogP contribution < -0.4 is 11.1 Å². The molecule has 7 heteroatoms. The SMILES string of the molecule is CC(CCC(=O)N(C(=O)CCC1CCCCC1)C1CCCNC[C@@H]1O)C(N)=O. The van der Waals surface area contributed by atoms with E-state index in [2.05, 4.69) is 5.32 Å². The van der Waals surface area contributed by atoms with Gasteiger partial charge in [0.15, 0.2) is 0 Å². The van der Waals surface area contributed by atoms with Crippen LogP contribution in [0.15, 0.2) is 0 Å². The van der Waals surface area contributed by atoms with Gasteiger partial charge in [0, 0.05) is 25.3 Å². The number of amides is 3. The number of β-amino-alcohol motifs (C(OH)–C–C–N with tert-alkyl or cyclic N) is 1. The summed E-state index contributed by atoms with van der Waals surface area (Å²) in [6.45, 7) is 2.84. The number of aliphatic hydroxyl groups is 1. The van der Waals surface area contributed by atoms with Crippen LogP contribution in [0.25, 0.3) is 0 Å². The maximum absolute atomic E-state index is 13.0. The molecule has 1 saturated carbocycles. The third-order valence-corrected chi connectivity index (χ3v) is 6.29. The Morgan fingerprint density at radius 1 is 1.07 bits per heavy atom. The molecule has 1 heterocycles. The second-order valence-corrected chi connectivity index (χ2v) is 8.52. The number of nitrogens with one attached hydrogen (secondary N) is 1. The van der Waals surface area contributed by atoms with Crippen molar-refractivity contribution < 1.29 is 19.5 Å². The van der Waals surface area contributed by atoms with E-state index in [1.54, 1.807) is 6.92 Å². The van der Waals surface area contributed by atoms with Crippen LogP contribution in [0.2, 0.25) is 0 Å². The van der Waals surface area contributed by atoms with Crippen LogP contribution in [0.3, 0.4) is 0 Å². The molecular weight excluding hydrogens is 358 g/mol. The second kappa shape index (κ2) is 11.5. The average molecular weight is 396 g/mol. The van der Waals surface area contributed by atoms with Crippen LogP contribution in [0.1, 0.15) is 77.6 Å². The van der Waals surface area contributed by atoms with E-state index in [4.69, 9.17) is 5.73 Å². The lowest BCUT2D eigenvalue weighted by Crippen LogP contribution is -2.51. The molecule has 2 aliphatic rings. The summed E-state index contributed by atoms with van der Waals surface area (Å²) >= 11 is 0. The number of nitrogens with two attached hydrogens (primary N) is 1. The first-order valence-electron chi connectivity index (χ1n) is 10.9. The Balaban J connectivity index is 2.04. The monoisotopic (exact) mass is 395 g/mol. The number of aliphatic hydroxyl groups excluding tert-OH is 1. The summed E-state index contributed by atoms with van der Waals surface area (Å²) in [5.74, 6) is -0.781. The predicted molar refractivity (Wildman–Crippen MR) is 107 cm³/mol. The molecular formula is C21H37N3O4. The third-order valence-electron chi connectivity index (χ3n) is 6.29. The number of carbonyl (C=O) groups excluding carboxylic acids is 3. The number of imide groups is 1. The van der Waals surface area contributed by atoms with E-state index in [1.807, 2.05) is 0 Å². The van der Waals surface area contributed by atoms with Crippen molar-refractivity contribution >= 4 is 17.7 Å². The van der Waals surface area contributed by atoms with Gasteiger partial charge in [-0.05, 0) is 38.1 Å². The molecule has 0 spiro atoms. The van der Waals surface area contributed by atoms with Crippen LogP contribution in [0, 0.1) is 11.8 Å². The molecule has 1 aliphatic heterocycles. The van der Waals surface area contributed by atoms with Crippen LogP contribution >= 0.6 is 0 Å². The Morgan fingerprint density at radius 2 is 1.75 bits per heavy atom. The summed E-state index contributed by atoms with van der Waals surface area (Å²) in [5.41, 5.74) is 5.29. The van der Waals surface area contributed by atoms with E-state index < -0.39 is 24.0 Å². The lowest BCUT2D eigenvalue weighted by molar-refractivity contribution is -0.151. The molecule has 28 heavy (non-hydrogen) atoms. The molecule has 0 aromatic carbocycles. The van der Waals surface area contributed by atoms with Gasteiger partial charge in [-0.1, -0.05) is 39.0 Å². The van der Waals surface area contributed by atoms with Crippen molar-refractivity contribution in [3.05, 3.63) is 0 Å². The lowest BCUT2D eigenvalue weighted by Gasteiger charge is -2.33. The minimum atomic E-state index is -0.765. The van der Waals surface area contributed by atoms with Crippen molar-refractivity contribution in [3.63, 3.8) is 0 Å². The van der Waals surface area contributed by atoms with Gasteiger partial charge in [-0.15, -0.1) is 0 Å². The largest absolute Gasteiger partial charge is 0.390 e.